The van der Waals surface area contributed by atoms with E-state index in [1.165, 1.54) is 32.1 Å². The van der Waals surface area contributed by atoms with E-state index in [9.17, 15) is 4.79 Å². The minimum atomic E-state index is -0.674. The van der Waals surface area contributed by atoms with Crippen molar-refractivity contribution < 1.29 is 14.6 Å². The van der Waals surface area contributed by atoms with Gasteiger partial charge >= 0.3 is 5.97 Å². The lowest BCUT2D eigenvalue weighted by molar-refractivity contribution is -0.137. The molecule has 1 saturated carbocycles. The number of carboxylic acid groups (broad SMARTS) is 1. The van der Waals surface area contributed by atoms with Crippen molar-refractivity contribution in [2.75, 3.05) is 13.7 Å². The molecular formula is C15H29NO3. The van der Waals surface area contributed by atoms with Crippen molar-refractivity contribution >= 4 is 5.97 Å². The molecule has 4 heteroatoms. The van der Waals surface area contributed by atoms with Gasteiger partial charge < -0.3 is 15.2 Å². The van der Waals surface area contributed by atoms with Crippen LogP contribution in [0, 0.1) is 0 Å². The summed E-state index contributed by atoms with van der Waals surface area (Å²) in [5.74, 6) is -0.674. The summed E-state index contributed by atoms with van der Waals surface area (Å²) in [6, 6.07) is 0.630. The van der Waals surface area contributed by atoms with Crippen LogP contribution < -0.4 is 5.32 Å². The van der Waals surface area contributed by atoms with E-state index in [4.69, 9.17) is 9.84 Å². The smallest absolute Gasteiger partial charge is 0.303 e. The molecule has 0 aromatic carbocycles. The van der Waals surface area contributed by atoms with Gasteiger partial charge in [0.15, 0.2) is 0 Å². The maximum absolute atomic E-state index is 10.3. The fourth-order valence-corrected chi connectivity index (χ4v) is 2.78. The molecule has 1 fully saturated rings. The zero-order valence-corrected chi connectivity index (χ0v) is 12.2. The molecule has 1 aliphatic carbocycles. The van der Waals surface area contributed by atoms with Gasteiger partial charge in [-0.15, -0.1) is 0 Å². The molecule has 0 amide bonds. The van der Waals surface area contributed by atoms with E-state index in [2.05, 4.69) is 5.32 Å². The molecule has 0 radical (unpaired) electrons. The Balaban J connectivity index is 1.89. The second kappa shape index (κ2) is 10.2. The summed E-state index contributed by atoms with van der Waals surface area (Å²) in [5, 5.41) is 12.1. The molecule has 4 nitrogen and oxygen atoms in total. The van der Waals surface area contributed by atoms with Gasteiger partial charge in [-0.1, -0.05) is 19.3 Å². The van der Waals surface area contributed by atoms with Crippen molar-refractivity contribution in [1.29, 1.82) is 0 Å². The van der Waals surface area contributed by atoms with Gasteiger partial charge in [-0.25, -0.2) is 0 Å². The number of rotatable bonds is 10. The van der Waals surface area contributed by atoms with Crippen LogP contribution in [-0.4, -0.2) is 36.9 Å². The summed E-state index contributed by atoms with van der Waals surface area (Å²) in [4.78, 5) is 10.3. The molecule has 1 aliphatic rings. The van der Waals surface area contributed by atoms with Gasteiger partial charge in [0.1, 0.15) is 0 Å². The number of carbonyl (C=O) groups is 1. The second-order valence-electron chi connectivity index (χ2n) is 5.59. The van der Waals surface area contributed by atoms with Crippen LogP contribution in [0.25, 0.3) is 0 Å². The highest BCUT2D eigenvalue weighted by Gasteiger charge is 2.20. The third-order valence-corrected chi connectivity index (χ3v) is 3.96. The molecule has 0 saturated heterocycles. The zero-order valence-electron chi connectivity index (χ0n) is 12.2. The number of methoxy groups -OCH3 is 1. The van der Waals surface area contributed by atoms with E-state index in [1.54, 1.807) is 0 Å². The highest BCUT2D eigenvalue weighted by molar-refractivity contribution is 5.66. The maximum atomic E-state index is 10.3. The Labute approximate surface area is 116 Å². The van der Waals surface area contributed by atoms with E-state index in [0.29, 0.717) is 18.6 Å². The van der Waals surface area contributed by atoms with Gasteiger partial charge in [-0.05, 0) is 45.1 Å². The van der Waals surface area contributed by atoms with E-state index < -0.39 is 5.97 Å². The number of hydrogen-bond donors (Lipinski definition) is 2. The number of aliphatic carboxylic acids is 1. The Bertz CT molecular complexity index is 246. The Hall–Kier alpha value is -0.610. The lowest BCUT2D eigenvalue weighted by Crippen LogP contribution is -2.37. The minimum Gasteiger partial charge on any atom is -0.481 e. The first-order valence-electron chi connectivity index (χ1n) is 7.70. The summed E-state index contributed by atoms with van der Waals surface area (Å²) >= 11 is 0. The van der Waals surface area contributed by atoms with Crippen LogP contribution in [0.5, 0.6) is 0 Å². The third-order valence-electron chi connectivity index (χ3n) is 3.96. The molecule has 2 unspecified atom stereocenters. The number of ether oxygens (including phenoxy) is 1. The molecule has 0 aliphatic heterocycles. The fraction of sp³-hybridized carbons (Fsp3) is 0.933. The normalized spacial score (nSPS) is 23.4. The summed E-state index contributed by atoms with van der Waals surface area (Å²) in [6.45, 7) is 1.08. The monoisotopic (exact) mass is 271 g/mol. The molecule has 0 aromatic rings. The average molecular weight is 271 g/mol. The number of hydrogen-bond acceptors (Lipinski definition) is 3. The Morgan fingerprint density at radius 3 is 2.68 bits per heavy atom. The van der Waals surface area contributed by atoms with Crippen molar-refractivity contribution in [3.63, 3.8) is 0 Å². The number of nitrogens with one attached hydrogen (secondary N) is 1. The second-order valence-corrected chi connectivity index (χ2v) is 5.59. The molecular weight excluding hydrogens is 242 g/mol. The lowest BCUT2D eigenvalue weighted by Gasteiger charge is -2.28. The van der Waals surface area contributed by atoms with Crippen molar-refractivity contribution in [1.82, 2.24) is 5.32 Å². The average Bonchev–Trinajstić information content (AvgIpc) is 2.41. The van der Waals surface area contributed by atoms with Gasteiger partial charge in [0.05, 0.1) is 6.10 Å². The van der Waals surface area contributed by atoms with Crippen LogP contribution in [0.4, 0.5) is 0 Å². The molecule has 0 bridgehead atoms. The molecule has 2 N–H and O–H groups in total. The maximum Gasteiger partial charge on any atom is 0.303 e. The SMILES string of the molecule is COC1CCCC(NCCCCCCCC(=O)O)C1. The summed E-state index contributed by atoms with van der Waals surface area (Å²) < 4.78 is 5.42. The van der Waals surface area contributed by atoms with Crippen LogP contribution in [0.15, 0.2) is 0 Å². The third kappa shape index (κ3) is 8.22. The minimum absolute atomic E-state index is 0.318. The first-order chi connectivity index (χ1) is 9.22. The van der Waals surface area contributed by atoms with Gasteiger partial charge in [-0.2, -0.15) is 0 Å². The predicted molar refractivity (Wildman–Crippen MR) is 76.4 cm³/mol. The molecule has 19 heavy (non-hydrogen) atoms. The van der Waals surface area contributed by atoms with E-state index in [-0.39, 0.29) is 0 Å². The number of carboxylic acids is 1. The van der Waals surface area contributed by atoms with Gasteiger partial charge in [0, 0.05) is 19.6 Å². The van der Waals surface area contributed by atoms with Crippen LogP contribution in [0.1, 0.15) is 64.2 Å². The molecule has 2 atom stereocenters. The molecule has 0 aromatic heterocycles. The van der Waals surface area contributed by atoms with Crippen molar-refractivity contribution in [3.05, 3.63) is 0 Å². The van der Waals surface area contributed by atoms with Crippen LogP contribution in [0.2, 0.25) is 0 Å². The molecule has 0 heterocycles. The van der Waals surface area contributed by atoms with Gasteiger partial charge in [0.25, 0.3) is 0 Å². The van der Waals surface area contributed by atoms with Gasteiger partial charge in [-0.3, -0.25) is 4.79 Å². The highest BCUT2D eigenvalue weighted by Crippen LogP contribution is 2.20. The zero-order chi connectivity index (χ0) is 13.9. The van der Waals surface area contributed by atoms with Crippen LogP contribution in [0.3, 0.4) is 0 Å². The van der Waals surface area contributed by atoms with Gasteiger partial charge in [0.2, 0.25) is 0 Å². The quantitative estimate of drug-likeness (QED) is 0.600. The largest absolute Gasteiger partial charge is 0.481 e. The van der Waals surface area contributed by atoms with Crippen molar-refractivity contribution in [2.24, 2.45) is 0 Å². The topological polar surface area (TPSA) is 58.6 Å². The Kier molecular flexibility index (Phi) is 8.84. The van der Waals surface area contributed by atoms with E-state index >= 15 is 0 Å². The highest BCUT2D eigenvalue weighted by atomic mass is 16.5. The van der Waals surface area contributed by atoms with Crippen LogP contribution >= 0.6 is 0 Å². The first-order valence-corrected chi connectivity index (χ1v) is 7.70. The van der Waals surface area contributed by atoms with E-state index in [1.807, 2.05) is 7.11 Å². The van der Waals surface area contributed by atoms with Crippen molar-refractivity contribution in [2.45, 2.75) is 76.4 Å². The Morgan fingerprint density at radius 1 is 1.21 bits per heavy atom. The van der Waals surface area contributed by atoms with Crippen molar-refractivity contribution in [3.8, 4) is 0 Å². The van der Waals surface area contributed by atoms with E-state index in [0.717, 1.165) is 32.2 Å². The predicted octanol–water partition coefficient (Wildman–Crippen LogP) is 2.96. The summed E-state index contributed by atoms with van der Waals surface area (Å²) in [5.41, 5.74) is 0. The lowest BCUT2D eigenvalue weighted by atomic mass is 9.93. The summed E-state index contributed by atoms with van der Waals surface area (Å²) in [6.07, 6.45) is 11.1. The molecule has 0 spiro atoms. The Morgan fingerprint density at radius 2 is 1.95 bits per heavy atom. The summed E-state index contributed by atoms with van der Waals surface area (Å²) in [7, 11) is 1.81. The first kappa shape index (κ1) is 16.4. The van der Waals surface area contributed by atoms with Crippen LogP contribution in [-0.2, 0) is 9.53 Å². The molecule has 112 valence electrons. The standard InChI is InChI=1S/C15H29NO3/c1-19-14-9-7-8-13(12-14)16-11-6-4-2-3-5-10-15(17)18/h13-14,16H,2-12H2,1H3,(H,17,18). The molecule has 1 rings (SSSR count). The number of unbranched alkanes of at least 4 members (excludes halogenated alkanes) is 4. The fourth-order valence-electron chi connectivity index (χ4n) is 2.78.